The molecule has 0 amide bonds. The zero-order valence-electron chi connectivity index (χ0n) is 9.63. The predicted molar refractivity (Wildman–Crippen MR) is 63.0 cm³/mol. The van der Waals surface area contributed by atoms with Gasteiger partial charge in [-0.25, -0.2) is 0 Å². The molecule has 1 rings (SSSR count). The number of nitrogens with zero attached hydrogens (tertiary/aromatic N) is 1. The molecule has 0 aliphatic rings. The van der Waals surface area contributed by atoms with Gasteiger partial charge >= 0.3 is 5.69 Å². The largest absolute Gasteiger partial charge is 0.484 e. The minimum absolute atomic E-state index is 0.0528. The standard InChI is InChI=1S/C11H16N2O4/c1-2-8-3-4-11(10(5-8)13(15)16)17-7-9(14)6-12/h3-5,9,14H,2,6-7,12H2,1H3/t9-/m1/s1. The Labute approximate surface area is 99.2 Å². The van der Waals surface area contributed by atoms with Crippen molar-refractivity contribution in [3.8, 4) is 5.75 Å². The number of nitrogens with two attached hydrogens (primary N) is 1. The van der Waals surface area contributed by atoms with Gasteiger partial charge in [-0.15, -0.1) is 0 Å². The number of hydrogen-bond donors (Lipinski definition) is 2. The Morgan fingerprint density at radius 2 is 2.29 bits per heavy atom. The monoisotopic (exact) mass is 240 g/mol. The maximum absolute atomic E-state index is 10.8. The van der Waals surface area contributed by atoms with Crippen LogP contribution >= 0.6 is 0 Å². The topological polar surface area (TPSA) is 98.6 Å². The number of aliphatic hydroxyl groups excluding tert-OH is 1. The molecule has 1 aromatic carbocycles. The van der Waals surface area contributed by atoms with Crippen molar-refractivity contribution in [1.29, 1.82) is 0 Å². The molecule has 17 heavy (non-hydrogen) atoms. The summed E-state index contributed by atoms with van der Waals surface area (Å²) in [6, 6.07) is 4.78. The highest BCUT2D eigenvalue weighted by Gasteiger charge is 2.16. The molecule has 0 heterocycles. The molecule has 0 fully saturated rings. The van der Waals surface area contributed by atoms with E-state index in [1.54, 1.807) is 12.1 Å². The molecular weight excluding hydrogens is 224 g/mol. The Morgan fingerprint density at radius 3 is 2.82 bits per heavy atom. The predicted octanol–water partition coefficient (Wildman–Crippen LogP) is 0.856. The Morgan fingerprint density at radius 1 is 1.59 bits per heavy atom. The third kappa shape index (κ3) is 3.69. The molecule has 0 radical (unpaired) electrons. The lowest BCUT2D eigenvalue weighted by atomic mass is 10.1. The highest BCUT2D eigenvalue weighted by atomic mass is 16.6. The molecule has 0 unspecified atom stereocenters. The second-order valence-corrected chi connectivity index (χ2v) is 3.61. The lowest BCUT2D eigenvalue weighted by molar-refractivity contribution is -0.386. The van der Waals surface area contributed by atoms with Crippen molar-refractivity contribution >= 4 is 5.69 Å². The van der Waals surface area contributed by atoms with Gasteiger partial charge in [-0.3, -0.25) is 10.1 Å². The van der Waals surface area contributed by atoms with Gasteiger partial charge in [0.25, 0.3) is 0 Å². The number of nitro groups is 1. The SMILES string of the molecule is CCc1ccc(OC[C@H](O)CN)c([N+](=O)[O-])c1. The average molecular weight is 240 g/mol. The lowest BCUT2D eigenvalue weighted by Gasteiger charge is -2.10. The first-order chi connectivity index (χ1) is 8.08. The second kappa shape index (κ2) is 6.17. The maximum Gasteiger partial charge on any atom is 0.311 e. The van der Waals surface area contributed by atoms with Gasteiger partial charge < -0.3 is 15.6 Å². The third-order valence-electron chi connectivity index (χ3n) is 2.33. The number of hydrogen-bond acceptors (Lipinski definition) is 5. The van der Waals surface area contributed by atoms with Crippen molar-refractivity contribution in [3.63, 3.8) is 0 Å². The summed E-state index contributed by atoms with van der Waals surface area (Å²) in [6.07, 6.45) is -0.104. The molecule has 0 aliphatic carbocycles. The zero-order valence-corrected chi connectivity index (χ0v) is 9.63. The van der Waals surface area contributed by atoms with Crippen molar-refractivity contribution in [2.24, 2.45) is 5.73 Å². The molecule has 0 aromatic heterocycles. The van der Waals surface area contributed by atoms with Gasteiger partial charge in [-0.05, 0) is 18.1 Å². The quantitative estimate of drug-likeness (QED) is 0.567. The van der Waals surface area contributed by atoms with E-state index in [-0.39, 0.29) is 24.6 Å². The van der Waals surface area contributed by atoms with Gasteiger partial charge in [0.1, 0.15) is 12.7 Å². The van der Waals surface area contributed by atoms with E-state index in [4.69, 9.17) is 10.5 Å². The van der Waals surface area contributed by atoms with Crippen LogP contribution in [0.15, 0.2) is 18.2 Å². The fraction of sp³-hybridized carbons (Fsp3) is 0.455. The molecule has 6 nitrogen and oxygen atoms in total. The van der Waals surface area contributed by atoms with Crippen LogP contribution < -0.4 is 10.5 Å². The van der Waals surface area contributed by atoms with Gasteiger partial charge in [-0.1, -0.05) is 13.0 Å². The number of benzene rings is 1. The molecule has 6 heteroatoms. The van der Waals surface area contributed by atoms with Crippen LogP contribution in [0.5, 0.6) is 5.75 Å². The van der Waals surface area contributed by atoms with Crippen LogP contribution in [0.1, 0.15) is 12.5 Å². The van der Waals surface area contributed by atoms with Crippen molar-refractivity contribution in [3.05, 3.63) is 33.9 Å². The molecular formula is C11H16N2O4. The summed E-state index contributed by atoms with van der Waals surface area (Å²) in [5.74, 6) is 0.153. The van der Waals surface area contributed by atoms with Crippen LogP contribution in [0.25, 0.3) is 0 Å². The average Bonchev–Trinajstić information content (AvgIpc) is 2.35. The zero-order chi connectivity index (χ0) is 12.8. The van der Waals surface area contributed by atoms with E-state index in [1.165, 1.54) is 6.07 Å². The van der Waals surface area contributed by atoms with Crippen molar-refractivity contribution in [2.45, 2.75) is 19.4 Å². The molecule has 1 atom stereocenters. The van der Waals surface area contributed by atoms with Gasteiger partial charge in [0.15, 0.2) is 5.75 Å². The molecule has 0 bridgehead atoms. The van der Waals surface area contributed by atoms with E-state index in [2.05, 4.69) is 0 Å². The Hall–Kier alpha value is -1.66. The van der Waals surface area contributed by atoms with Crippen LogP contribution in [0.4, 0.5) is 5.69 Å². The number of rotatable bonds is 6. The van der Waals surface area contributed by atoms with E-state index in [9.17, 15) is 15.2 Å². The van der Waals surface area contributed by atoms with Crippen molar-refractivity contribution in [1.82, 2.24) is 0 Å². The van der Waals surface area contributed by atoms with Crippen LogP contribution in [-0.2, 0) is 6.42 Å². The number of ether oxygens (including phenoxy) is 1. The fourth-order valence-corrected chi connectivity index (χ4v) is 1.30. The fourth-order valence-electron chi connectivity index (χ4n) is 1.30. The summed E-state index contributed by atoms with van der Waals surface area (Å²) in [5, 5.41) is 20.1. The minimum Gasteiger partial charge on any atom is -0.484 e. The van der Waals surface area contributed by atoms with Gasteiger partial charge in [0, 0.05) is 12.6 Å². The molecule has 0 saturated carbocycles. The lowest BCUT2D eigenvalue weighted by Crippen LogP contribution is -2.26. The number of aliphatic hydroxyl groups is 1. The summed E-state index contributed by atoms with van der Waals surface area (Å²) in [5.41, 5.74) is 5.99. The van der Waals surface area contributed by atoms with Gasteiger partial charge in [0.05, 0.1) is 4.92 Å². The molecule has 1 aromatic rings. The first kappa shape index (κ1) is 13.4. The van der Waals surface area contributed by atoms with Crippen LogP contribution in [0, 0.1) is 10.1 Å². The first-order valence-corrected chi connectivity index (χ1v) is 5.36. The number of nitro benzene ring substituents is 1. The highest BCUT2D eigenvalue weighted by Crippen LogP contribution is 2.28. The second-order valence-electron chi connectivity index (χ2n) is 3.61. The third-order valence-corrected chi connectivity index (χ3v) is 2.33. The molecule has 3 N–H and O–H groups in total. The summed E-state index contributed by atoms with van der Waals surface area (Å²) in [6.45, 7) is 1.92. The van der Waals surface area contributed by atoms with Crippen molar-refractivity contribution in [2.75, 3.05) is 13.2 Å². The molecule has 0 spiro atoms. The van der Waals surface area contributed by atoms with E-state index in [0.717, 1.165) is 5.56 Å². The smallest absolute Gasteiger partial charge is 0.311 e. The Balaban J connectivity index is 2.87. The molecule has 94 valence electrons. The van der Waals surface area contributed by atoms with Crippen LogP contribution in [0.3, 0.4) is 0 Å². The molecule has 0 saturated heterocycles. The maximum atomic E-state index is 10.8. The van der Waals surface area contributed by atoms with Gasteiger partial charge in [0.2, 0.25) is 0 Å². The Kier molecular flexibility index (Phi) is 4.86. The normalized spacial score (nSPS) is 12.2. The number of aryl methyl sites for hydroxylation is 1. The first-order valence-electron chi connectivity index (χ1n) is 5.36. The van der Waals surface area contributed by atoms with Crippen LogP contribution in [-0.4, -0.2) is 29.3 Å². The Bertz CT molecular complexity index is 395. The summed E-state index contributed by atoms with van der Waals surface area (Å²) >= 11 is 0. The van der Waals surface area contributed by atoms with Crippen LogP contribution in [0.2, 0.25) is 0 Å². The van der Waals surface area contributed by atoms with E-state index < -0.39 is 11.0 Å². The van der Waals surface area contributed by atoms with Crippen molar-refractivity contribution < 1.29 is 14.8 Å². The summed E-state index contributed by atoms with van der Waals surface area (Å²) < 4.78 is 5.18. The van der Waals surface area contributed by atoms with E-state index >= 15 is 0 Å². The summed E-state index contributed by atoms with van der Waals surface area (Å²) in [4.78, 5) is 10.3. The highest BCUT2D eigenvalue weighted by molar-refractivity contribution is 5.48. The summed E-state index contributed by atoms with van der Waals surface area (Å²) in [7, 11) is 0. The van der Waals surface area contributed by atoms with E-state index in [0.29, 0.717) is 6.42 Å². The minimum atomic E-state index is -0.819. The van der Waals surface area contributed by atoms with E-state index in [1.807, 2.05) is 6.92 Å². The molecule has 0 aliphatic heterocycles. The van der Waals surface area contributed by atoms with Gasteiger partial charge in [-0.2, -0.15) is 0 Å².